The Labute approximate surface area is 119 Å². The second-order valence-corrected chi connectivity index (χ2v) is 9.05. The zero-order chi connectivity index (χ0) is 15.0. The number of benzene rings is 1. The van der Waals surface area contributed by atoms with Gasteiger partial charge in [-0.25, -0.2) is 21.6 Å². The minimum absolute atomic E-state index is 0.00856. The minimum atomic E-state index is -3.75. The molecule has 112 valence electrons. The van der Waals surface area contributed by atoms with E-state index in [1.54, 1.807) is 19.1 Å². The molecule has 0 aromatic heterocycles. The second-order valence-electron chi connectivity index (χ2n) is 5.18. The summed E-state index contributed by atoms with van der Waals surface area (Å²) in [6, 6.07) is 5.94. The molecule has 1 aliphatic rings. The van der Waals surface area contributed by atoms with Crippen LogP contribution in [0.4, 0.5) is 0 Å². The number of methoxy groups -OCH3 is 1. The van der Waals surface area contributed by atoms with Crippen molar-refractivity contribution in [1.29, 1.82) is 0 Å². The number of hydrogen-bond donors (Lipinski definition) is 1. The minimum Gasteiger partial charge on any atom is -0.497 e. The first kappa shape index (κ1) is 15.3. The van der Waals surface area contributed by atoms with E-state index in [1.807, 2.05) is 0 Å². The van der Waals surface area contributed by atoms with E-state index in [2.05, 4.69) is 4.72 Å². The number of sulfonamides is 1. The van der Waals surface area contributed by atoms with Crippen molar-refractivity contribution in [3.05, 3.63) is 24.3 Å². The zero-order valence-corrected chi connectivity index (χ0v) is 12.9. The predicted octanol–water partition coefficient (Wildman–Crippen LogP) is 0.551. The van der Waals surface area contributed by atoms with Crippen LogP contribution in [0.3, 0.4) is 0 Å². The number of sulfone groups is 1. The highest BCUT2D eigenvalue weighted by molar-refractivity contribution is 7.92. The summed E-state index contributed by atoms with van der Waals surface area (Å²) < 4.78 is 55.0. The molecule has 1 aromatic rings. The van der Waals surface area contributed by atoms with Gasteiger partial charge in [0.05, 0.1) is 23.5 Å². The zero-order valence-electron chi connectivity index (χ0n) is 11.3. The lowest BCUT2D eigenvalue weighted by atomic mass is 10.0. The van der Waals surface area contributed by atoms with Crippen molar-refractivity contribution in [2.45, 2.75) is 23.8 Å². The third-order valence-electron chi connectivity index (χ3n) is 3.25. The van der Waals surface area contributed by atoms with Crippen LogP contribution < -0.4 is 9.46 Å². The summed E-state index contributed by atoms with van der Waals surface area (Å²) in [7, 11) is -5.42. The van der Waals surface area contributed by atoms with Crippen LogP contribution in [-0.2, 0) is 19.9 Å². The highest BCUT2D eigenvalue weighted by Crippen LogP contribution is 2.25. The Kier molecular flexibility index (Phi) is 3.83. The van der Waals surface area contributed by atoms with Gasteiger partial charge in [-0.2, -0.15) is 0 Å². The maximum Gasteiger partial charge on any atom is 0.241 e. The maximum absolute atomic E-state index is 12.3. The Morgan fingerprint density at radius 2 is 1.85 bits per heavy atom. The third kappa shape index (κ3) is 3.31. The van der Waals surface area contributed by atoms with Crippen LogP contribution in [0.25, 0.3) is 0 Å². The average molecular weight is 319 g/mol. The fourth-order valence-corrected chi connectivity index (χ4v) is 5.85. The molecule has 1 aliphatic heterocycles. The summed E-state index contributed by atoms with van der Waals surface area (Å²) in [5.74, 6) is 0.392. The lowest BCUT2D eigenvalue weighted by molar-refractivity contribution is 0.414. The molecule has 2 rings (SSSR count). The van der Waals surface area contributed by atoms with E-state index in [0.717, 1.165) is 0 Å². The molecule has 0 aliphatic carbocycles. The van der Waals surface area contributed by atoms with Crippen LogP contribution in [0.1, 0.15) is 13.3 Å². The highest BCUT2D eigenvalue weighted by atomic mass is 32.2. The summed E-state index contributed by atoms with van der Waals surface area (Å²) in [5.41, 5.74) is -0.947. The largest absolute Gasteiger partial charge is 0.497 e. The average Bonchev–Trinajstić information content (AvgIpc) is 2.62. The van der Waals surface area contributed by atoms with Crippen LogP contribution in [-0.4, -0.2) is 41.0 Å². The van der Waals surface area contributed by atoms with E-state index in [1.165, 1.54) is 19.2 Å². The molecule has 0 spiro atoms. The predicted molar refractivity (Wildman–Crippen MR) is 75.0 cm³/mol. The fraction of sp³-hybridized carbons (Fsp3) is 0.500. The van der Waals surface area contributed by atoms with Crippen LogP contribution in [0.15, 0.2) is 29.2 Å². The summed E-state index contributed by atoms with van der Waals surface area (Å²) in [4.78, 5) is 0.0869. The van der Waals surface area contributed by atoms with Gasteiger partial charge in [-0.05, 0) is 37.6 Å². The molecule has 0 bridgehead atoms. The first-order valence-electron chi connectivity index (χ1n) is 6.04. The molecule has 1 heterocycles. The van der Waals surface area contributed by atoms with Gasteiger partial charge in [-0.3, -0.25) is 0 Å². The molecule has 1 saturated heterocycles. The van der Waals surface area contributed by atoms with E-state index < -0.39 is 25.4 Å². The van der Waals surface area contributed by atoms with Crippen molar-refractivity contribution in [3.63, 3.8) is 0 Å². The lowest BCUT2D eigenvalue weighted by Crippen LogP contribution is -2.46. The molecule has 1 unspecified atom stereocenters. The van der Waals surface area contributed by atoms with Gasteiger partial charge in [-0.15, -0.1) is 0 Å². The number of nitrogens with one attached hydrogen (secondary N) is 1. The molecule has 1 fully saturated rings. The van der Waals surface area contributed by atoms with Crippen LogP contribution in [0, 0.1) is 0 Å². The lowest BCUT2D eigenvalue weighted by Gasteiger charge is -2.23. The van der Waals surface area contributed by atoms with Gasteiger partial charge < -0.3 is 4.74 Å². The van der Waals surface area contributed by atoms with Crippen LogP contribution in [0.2, 0.25) is 0 Å². The topological polar surface area (TPSA) is 89.5 Å². The van der Waals surface area contributed by atoms with Gasteiger partial charge in [0, 0.05) is 5.54 Å². The molecular weight excluding hydrogens is 302 g/mol. The molecule has 0 amide bonds. The van der Waals surface area contributed by atoms with Gasteiger partial charge in [-0.1, -0.05) is 0 Å². The van der Waals surface area contributed by atoms with E-state index in [-0.39, 0.29) is 22.8 Å². The molecule has 0 radical (unpaired) electrons. The quantitative estimate of drug-likeness (QED) is 0.875. The Morgan fingerprint density at radius 1 is 1.25 bits per heavy atom. The first-order chi connectivity index (χ1) is 9.16. The van der Waals surface area contributed by atoms with Crippen molar-refractivity contribution in [2.75, 3.05) is 18.6 Å². The van der Waals surface area contributed by atoms with Crippen molar-refractivity contribution in [3.8, 4) is 5.75 Å². The SMILES string of the molecule is COc1ccc(S(=O)(=O)NC2(C)CCS(=O)(=O)C2)cc1. The van der Waals surface area contributed by atoms with E-state index in [9.17, 15) is 16.8 Å². The molecule has 0 saturated carbocycles. The van der Waals surface area contributed by atoms with Crippen molar-refractivity contribution < 1.29 is 21.6 Å². The Balaban J connectivity index is 2.23. The highest BCUT2D eigenvalue weighted by Gasteiger charge is 2.41. The van der Waals surface area contributed by atoms with Crippen molar-refractivity contribution >= 4 is 19.9 Å². The van der Waals surface area contributed by atoms with Gasteiger partial charge in [0.15, 0.2) is 9.84 Å². The van der Waals surface area contributed by atoms with Crippen molar-refractivity contribution in [2.24, 2.45) is 0 Å². The molecule has 1 aromatic carbocycles. The van der Waals surface area contributed by atoms with Gasteiger partial charge in [0.25, 0.3) is 0 Å². The Bertz CT molecular complexity index is 694. The van der Waals surface area contributed by atoms with E-state index >= 15 is 0 Å². The fourth-order valence-electron chi connectivity index (χ4n) is 2.23. The molecule has 8 heteroatoms. The van der Waals surface area contributed by atoms with E-state index in [4.69, 9.17) is 4.74 Å². The summed E-state index contributed by atoms with van der Waals surface area (Å²) in [6.07, 6.45) is 0.282. The summed E-state index contributed by atoms with van der Waals surface area (Å²) >= 11 is 0. The summed E-state index contributed by atoms with van der Waals surface area (Å²) in [6.45, 7) is 1.61. The molecule has 1 atom stereocenters. The maximum atomic E-state index is 12.3. The normalized spacial score (nSPS) is 25.5. The van der Waals surface area contributed by atoms with Crippen LogP contribution in [0.5, 0.6) is 5.75 Å². The number of rotatable bonds is 4. The third-order valence-corrected chi connectivity index (χ3v) is 6.81. The second kappa shape index (κ2) is 5.01. The van der Waals surface area contributed by atoms with Crippen LogP contribution >= 0.6 is 0 Å². The number of hydrogen-bond acceptors (Lipinski definition) is 5. The summed E-state index contributed by atoms with van der Waals surface area (Å²) in [5, 5.41) is 0. The van der Waals surface area contributed by atoms with Gasteiger partial charge in [0.1, 0.15) is 5.75 Å². The standard InChI is InChI=1S/C12H17NO5S2/c1-12(7-8-19(14,15)9-12)13-20(16,17)11-5-3-10(18-2)4-6-11/h3-6,13H,7-9H2,1-2H3. The Morgan fingerprint density at radius 3 is 2.30 bits per heavy atom. The Hall–Kier alpha value is -1.12. The molecule has 6 nitrogen and oxygen atoms in total. The smallest absolute Gasteiger partial charge is 0.241 e. The van der Waals surface area contributed by atoms with Crippen molar-refractivity contribution in [1.82, 2.24) is 4.72 Å². The molecular formula is C12H17NO5S2. The molecule has 20 heavy (non-hydrogen) atoms. The monoisotopic (exact) mass is 319 g/mol. The first-order valence-corrected chi connectivity index (χ1v) is 9.35. The van der Waals surface area contributed by atoms with Gasteiger partial charge >= 0.3 is 0 Å². The van der Waals surface area contributed by atoms with Gasteiger partial charge in [0.2, 0.25) is 10.0 Å². The molecule has 1 N–H and O–H groups in total. The van der Waals surface area contributed by atoms with E-state index in [0.29, 0.717) is 5.75 Å². The number of ether oxygens (including phenoxy) is 1.